The molecule has 0 saturated heterocycles. The summed E-state index contributed by atoms with van der Waals surface area (Å²) >= 11 is -1.72. The summed E-state index contributed by atoms with van der Waals surface area (Å²) in [5.74, 6) is 0. The minimum Gasteiger partial charge on any atom is -1.00 e. The Bertz CT molecular complexity index is 1680. The van der Waals surface area contributed by atoms with Gasteiger partial charge in [0.25, 0.3) is 0 Å². The maximum absolute atomic E-state index is 12.3. The predicted molar refractivity (Wildman–Crippen MR) is 173 cm³/mol. The Morgan fingerprint density at radius 1 is 0.851 bits per heavy atom. The zero-order valence-corrected chi connectivity index (χ0v) is 33.8. The summed E-state index contributed by atoms with van der Waals surface area (Å²) in [5, 5.41) is 42.3. The first kappa shape index (κ1) is 46.4. The van der Waals surface area contributed by atoms with Crippen molar-refractivity contribution in [2.75, 3.05) is 0 Å². The topological polar surface area (TPSA) is 203 Å². The summed E-state index contributed by atoms with van der Waals surface area (Å²) in [6.07, 6.45) is 7.78. The number of hydrogen-bond acceptors (Lipinski definition) is 11. The van der Waals surface area contributed by atoms with Gasteiger partial charge in [-0.25, -0.2) is 30.1 Å². The van der Waals surface area contributed by atoms with Gasteiger partial charge in [-0.05, 0) is 62.9 Å². The first-order chi connectivity index (χ1) is 22.1. The van der Waals surface area contributed by atoms with Crippen molar-refractivity contribution in [2.24, 2.45) is 0 Å². The fourth-order valence-electron chi connectivity index (χ4n) is 2.52. The third kappa shape index (κ3) is 21.7. The Morgan fingerprint density at radius 3 is 1.72 bits per heavy atom. The van der Waals surface area contributed by atoms with Crippen LogP contribution in [0.15, 0.2) is 109 Å². The molecule has 1 aromatic carbocycles. The number of nitriles is 2. The van der Waals surface area contributed by atoms with Gasteiger partial charge in [-0.3, -0.25) is 0 Å². The molecule has 3 N–H and O–H groups in total. The van der Waals surface area contributed by atoms with Crippen molar-refractivity contribution in [1.82, 2.24) is 35.7 Å². The molecule has 0 spiro atoms. The van der Waals surface area contributed by atoms with Crippen molar-refractivity contribution in [1.29, 1.82) is 11.9 Å². The molecule has 4 aromatic heterocycles. The van der Waals surface area contributed by atoms with Crippen LogP contribution >= 0.6 is 30.1 Å². The minimum atomic E-state index is -3.82. The van der Waals surface area contributed by atoms with Crippen LogP contribution in [0.4, 0.5) is 0 Å². The fraction of sp³-hybridized carbons (Fsp3) is 0.0769. The number of quaternary nitrogens is 1. The standard InChI is InChI=1S/C12H10N3O2S.C5H7N3.C5H3N3.C4H4N2.Al.BH.4ClH.U.H2/c1-10-4-6-12(7-5-10)18(16,17)15-11(9-13)3-2-8-14-15;2*6-4-5-2-1-3-7-8-5;1-2-4-6-5-3-1;;;;;;;;/h2-8H,1H3;1-3H,4,6H2;1-3H;1-4H;;5*1H;;1H/q+1;;;;+3;;;;;;;/p-3/i;;;;;1D;;;;;;. The van der Waals surface area contributed by atoms with E-state index in [1.165, 1.54) is 36.7 Å². The molecular weight excluding hydrogens is 948 g/mol. The molecule has 0 aliphatic carbocycles. The van der Waals surface area contributed by atoms with E-state index < -0.39 is 21.4 Å². The SMILES string of the molecule is Cc1ccc(S(=O)(=O)[n+]2ncccc2C#N)cc1.N#Cc1cccnn1.[2H][B].[Cl-].[Cl][Al]([Cl])[Cl].[HH].[NH3+]Cc1cccnn1.[U].c1ccnnc1. The molecule has 4 heterocycles. The molecule has 21 heteroatoms. The van der Waals surface area contributed by atoms with Crippen LogP contribution in [0.1, 0.15) is 24.1 Å². The molecule has 47 heavy (non-hydrogen) atoms. The summed E-state index contributed by atoms with van der Waals surface area (Å²) in [7, 11) is 14.8. The van der Waals surface area contributed by atoms with Gasteiger partial charge in [0, 0.05) is 81.0 Å². The van der Waals surface area contributed by atoms with E-state index >= 15 is 0 Å². The van der Waals surface area contributed by atoms with E-state index in [1.807, 2.05) is 37.3 Å². The van der Waals surface area contributed by atoms with Crippen molar-refractivity contribution in [3.8, 4) is 12.1 Å². The number of nitrogens with zero attached hydrogens (tertiary/aromatic N) is 10. The van der Waals surface area contributed by atoms with E-state index in [0.29, 0.717) is 12.2 Å². The zero-order chi connectivity index (χ0) is 34.6. The number of halogens is 4. The van der Waals surface area contributed by atoms with Crippen LogP contribution in [0.5, 0.6) is 0 Å². The molecule has 5 rings (SSSR count). The van der Waals surface area contributed by atoms with Crippen molar-refractivity contribution < 1.29 is 63.2 Å². The predicted octanol–water partition coefficient (Wildman–Crippen LogP) is -0.881. The Kier molecular flexibility index (Phi) is 29.0. The van der Waals surface area contributed by atoms with Gasteiger partial charge in [-0.15, -0.1) is 10.2 Å². The summed E-state index contributed by atoms with van der Waals surface area (Å²) < 4.78 is 30.5. The Labute approximate surface area is 324 Å². The molecule has 0 saturated carbocycles. The molecule has 5 aromatic rings. The molecule has 0 atom stereocenters. The van der Waals surface area contributed by atoms with Crippen LogP contribution < -0.4 is 22.2 Å². The molecule has 13 nitrogen and oxygen atoms in total. The van der Waals surface area contributed by atoms with Crippen LogP contribution in [0.3, 0.4) is 0 Å². The molecule has 0 aliphatic rings. The molecule has 2 radical (unpaired) electrons. The van der Waals surface area contributed by atoms with Crippen LogP contribution in [0, 0.1) is 60.7 Å². The van der Waals surface area contributed by atoms with E-state index in [0.717, 1.165) is 15.3 Å². The number of rotatable bonds is 3. The third-order valence-electron chi connectivity index (χ3n) is 4.43. The van der Waals surface area contributed by atoms with Crippen LogP contribution in [0.25, 0.3) is 0 Å². The second-order valence-corrected chi connectivity index (χ2v) is 15.7. The second kappa shape index (κ2) is 29.4. The molecule has 0 unspecified atom stereocenters. The quantitative estimate of drug-likeness (QED) is 0.174. The summed E-state index contributed by atoms with van der Waals surface area (Å²) in [5.41, 5.74) is 5.87. The Hall–Kier alpha value is -2.76. The Balaban J connectivity index is -0.000000277. The van der Waals surface area contributed by atoms with Crippen LogP contribution in [-0.2, 0) is 16.6 Å². The molecular formula is C26H28AlBCl4N11O2SU+. The average molecular weight is 977 g/mol. The van der Waals surface area contributed by atoms with Crippen molar-refractivity contribution in [2.45, 2.75) is 18.4 Å². The van der Waals surface area contributed by atoms with Gasteiger partial charge in [-0.2, -0.15) is 39.3 Å². The van der Waals surface area contributed by atoms with Crippen LogP contribution in [-0.4, -0.2) is 65.2 Å². The van der Waals surface area contributed by atoms with Crippen molar-refractivity contribution in [3.63, 3.8) is 0 Å². The number of benzene rings is 1. The van der Waals surface area contributed by atoms with Crippen molar-refractivity contribution in [3.05, 3.63) is 126 Å². The summed E-state index contributed by atoms with van der Waals surface area (Å²) in [4.78, 5) is 0.105. The number of aryl methyl sites for hydroxylation is 1. The Morgan fingerprint density at radius 2 is 1.36 bits per heavy atom. The van der Waals surface area contributed by atoms with Gasteiger partial charge in [0.15, 0.2) is 11.8 Å². The van der Waals surface area contributed by atoms with Crippen molar-refractivity contribution >= 4 is 59.9 Å². The second-order valence-electron chi connectivity index (χ2n) is 7.53. The van der Waals surface area contributed by atoms with E-state index in [2.05, 4.69) is 49.8 Å². The smallest absolute Gasteiger partial charge is 0.643 e. The maximum atomic E-state index is 12.3. The van der Waals surface area contributed by atoms with Gasteiger partial charge >= 0.3 is 27.1 Å². The van der Waals surface area contributed by atoms with Gasteiger partial charge in [0.2, 0.25) is 0 Å². The van der Waals surface area contributed by atoms with E-state index in [4.69, 9.17) is 42.0 Å². The molecule has 0 bridgehead atoms. The van der Waals surface area contributed by atoms with E-state index in [1.54, 1.807) is 48.9 Å². The minimum absolute atomic E-state index is 0. The number of aromatic nitrogens is 8. The zero-order valence-electron chi connectivity index (χ0n) is 25.6. The van der Waals surface area contributed by atoms with E-state index in [9.17, 15) is 8.42 Å². The third-order valence-corrected chi connectivity index (χ3v) is 6.05. The molecule has 0 amide bonds. The van der Waals surface area contributed by atoms with Gasteiger partial charge in [0.1, 0.15) is 23.2 Å². The largest absolute Gasteiger partial charge is 1.00 e. The van der Waals surface area contributed by atoms with Gasteiger partial charge in [0.05, 0.1) is 6.20 Å². The molecule has 0 fully saturated rings. The summed E-state index contributed by atoms with van der Waals surface area (Å²) in [6, 6.07) is 23.6. The first-order valence-corrected chi connectivity index (χ1v) is 18.8. The fourth-order valence-corrected chi connectivity index (χ4v) is 3.74. The van der Waals surface area contributed by atoms with Crippen LogP contribution in [0.2, 0.25) is 0 Å². The first-order valence-electron chi connectivity index (χ1n) is 12.7. The van der Waals surface area contributed by atoms with Gasteiger partial charge in [-0.1, -0.05) is 17.7 Å². The monoisotopic (exact) mass is 975 g/mol. The van der Waals surface area contributed by atoms with E-state index in [-0.39, 0.29) is 55.5 Å². The maximum Gasteiger partial charge on any atom is 0.643 e. The molecule has 242 valence electrons. The number of hydrogen-bond donors (Lipinski definition) is 1. The molecule has 0 aliphatic heterocycles. The average Bonchev–Trinajstić information content (AvgIpc) is 3.11. The van der Waals surface area contributed by atoms with Gasteiger partial charge < -0.3 is 18.1 Å². The normalized spacial score (nSPS) is 8.79. The summed E-state index contributed by atoms with van der Waals surface area (Å²) in [6.45, 7) is 2.58.